The molecular formula is C11H19N3O3. The van der Waals surface area contributed by atoms with Crippen LogP contribution in [0.15, 0.2) is 0 Å². The van der Waals surface area contributed by atoms with Gasteiger partial charge in [-0.2, -0.15) is 0 Å². The Labute approximate surface area is 101 Å². The lowest BCUT2D eigenvalue weighted by Crippen LogP contribution is -2.62. The Hall–Kier alpha value is -1.43. The van der Waals surface area contributed by atoms with E-state index in [1.807, 2.05) is 13.8 Å². The van der Waals surface area contributed by atoms with Gasteiger partial charge < -0.3 is 5.73 Å². The molecule has 1 atom stereocenters. The Morgan fingerprint density at radius 1 is 1.41 bits per heavy atom. The van der Waals surface area contributed by atoms with Crippen LogP contribution >= 0.6 is 0 Å². The average molecular weight is 241 g/mol. The van der Waals surface area contributed by atoms with E-state index in [0.29, 0.717) is 0 Å². The summed E-state index contributed by atoms with van der Waals surface area (Å²) in [5, 5.41) is 3.00. The summed E-state index contributed by atoms with van der Waals surface area (Å²) in [4.78, 5) is 35.6. The normalized spacial score (nSPS) is 19.9. The van der Waals surface area contributed by atoms with E-state index in [4.69, 9.17) is 5.73 Å². The number of hydrogen-bond donors (Lipinski definition) is 2. The van der Waals surface area contributed by atoms with Crippen molar-refractivity contribution in [1.29, 1.82) is 0 Å². The highest BCUT2D eigenvalue weighted by Gasteiger charge is 2.39. The molecular weight excluding hydrogens is 222 g/mol. The average Bonchev–Trinajstić information content (AvgIpc) is 2.48. The fraction of sp³-hybridized carbons (Fsp3) is 0.727. The molecule has 1 aliphatic heterocycles. The van der Waals surface area contributed by atoms with Crippen molar-refractivity contribution in [2.45, 2.75) is 45.2 Å². The van der Waals surface area contributed by atoms with Crippen LogP contribution in [0.3, 0.4) is 0 Å². The van der Waals surface area contributed by atoms with E-state index in [1.165, 1.54) is 0 Å². The summed E-state index contributed by atoms with van der Waals surface area (Å²) in [6.07, 6.45) is 0.435. The number of nitrogens with one attached hydrogen (secondary N) is 1. The fourth-order valence-electron chi connectivity index (χ4n) is 1.95. The Morgan fingerprint density at radius 3 is 2.24 bits per heavy atom. The quantitative estimate of drug-likeness (QED) is 0.627. The van der Waals surface area contributed by atoms with Gasteiger partial charge in [0.15, 0.2) is 0 Å². The number of carbonyl (C=O) groups is 3. The number of nitrogens with zero attached hydrogens (tertiary/aromatic N) is 1. The summed E-state index contributed by atoms with van der Waals surface area (Å²) >= 11 is 0. The summed E-state index contributed by atoms with van der Waals surface area (Å²) in [5.41, 5.74) is 4.26. The van der Waals surface area contributed by atoms with Gasteiger partial charge >= 0.3 is 0 Å². The molecule has 0 aromatic carbocycles. The van der Waals surface area contributed by atoms with Crippen LogP contribution in [0, 0.1) is 0 Å². The van der Waals surface area contributed by atoms with E-state index in [-0.39, 0.29) is 37.2 Å². The molecule has 1 aliphatic rings. The minimum atomic E-state index is -1.08. The van der Waals surface area contributed by atoms with Crippen LogP contribution in [0.2, 0.25) is 0 Å². The Kier molecular flexibility index (Phi) is 3.87. The van der Waals surface area contributed by atoms with Crippen molar-refractivity contribution in [3.05, 3.63) is 0 Å². The van der Waals surface area contributed by atoms with E-state index in [9.17, 15) is 14.4 Å². The van der Waals surface area contributed by atoms with Crippen molar-refractivity contribution in [3.8, 4) is 0 Å². The zero-order chi connectivity index (χ0) is 13.2. The largest absolute Gasteiger partial charge is 0.368 e. The summed E-state index contributed by atoms with van der Waals surface area (Å²) in [6, 6.07) is 0.0281. The topological polar surface area (TPSA) is 92.5 Å². The molecule has 1 heterocycles. The van der Waals surface area contributed by atoms with Crippen LogP contribution in [0.1, 0.15) is 33.6 Å². The summed E-state index contributed by atoms with van der Waals surface area (Å²) in [6.45, 7) is 5.34. The molecule has 6 heteroatoms. The first-order valence-corrected chi connectivity index (χ1v) is 5.67. The molecule has 1 fully saturated rings. The third-order valence-electron chi connectivity index (χ3n) is 2.78. The Balaban J connectivity index is 2.83. The van der Waals surface area contributed by atoms with Crippen molar-refractivity contribution in [2.24, 2.45) is 5.73 Å². The van der Waals surface area contributed by atoms with Gasteiger partial charge in [0.2, 0.25) is 17.7 Å². The van der Waals surface area contributed by atoms with E-state index in [2.05, 4.69) is 5.32 Å². The van der Waals surface area contributed by atoms with E-state index < -0.39 is 11.4 Å². The predicted octanol–water partition coefficient (Wildman–Crippen LogP) is -0.623. The SMILES string of the molecule is CC(C)NC(C)(CN1C(=O)CCC1=O)C(N)=O. The van der Waals surface area contributed by atoms with Crippen LogP contribution in [-0.4, -0.2) is 40.7 Å². The van der Waals surface area contributed by atoms with Gasteiger partial charge in [-0.25, -0.2) is 0 Å². The first-order chi connectivity index (χ1) is 7.76. The van der Waals surface area contributed by atoms with Crippen molar-refractivity contribution in [2.75, 3.05) is 6.54 Å². The zero-order valence-electron chi connectivity index (χ0n) is 10.4. The highest BCUT2D eigenvalue weighted by molar-refractivity contribution is 6.02. The molecule has 17 heavy (non-hydrogen) atoms. The predicted molar refractivity (Wildman–Crippen MR) is 61.8 cm³/mol. The lowest BCUT2D eigenvalue weighted by Gasteiger charge is -2.32. The summed E-state index contributed by atoms with van der Waals surface area (Å²) in [7, 11) is 0. The molecule has 0 bridgehead atoms. The van der Waals surface area contributed by atoms with Gasteiger partial charge in [0.05, 0.1) is 6.54 Å². The standard InChI is InChI=1S/C11H19N3O3/c1-7(2)13-11(3,10(12)17)6-14-8(15)4-5-9(14)16/h7,13H,4-6H2,1-3H3,(H2,12,17). The van der Waals surface area contributed by atoms with Crippen LogP contribution in [-0.2, 0) is 14.4 Å². The van der Waals surface area contributed by atoms with Gasteiger partial charge in [-0.15, -0.1) is 0 Å². The van der Waals surface area contributed by atoms with Gasteiger partial charge in [-0.1, -0.05) is 0 Å². The van der Waals surface area contributed by atoms with Gasteiger partial charge in [0, 0.05) is 18.9 Å². The van der Waals surface area contributed by atoms with E-state index in [0.717, 1.165) is 4.90 Å². The minimum Gasteiger partial charge on any atom is -0.368 e. The molecule has 1 saturated heterocycles. The van der Waals surface area contributed by atoms with Gasteiger partial charge in [0.1, 0.15) is 5.54 Å². The highest BCUT2D eigenvalue weighted by atomic mass is 16.2. The first-order valence-electron chi connectivity index (χ1n) is 5.67. The maximum Gasteiger partial charge on any atom is 0.239 e. The number of primary amides is 1. The van der Waals surface area contributed by atoms with Crippen molar-refractivity contribution in [3.63, 3.8) is 0 Å². The summed E-state index contributed by atoms with van der Waals surface area (Å²) < 4.78 is 0. The van der Waals surface area contributed by atoms with Crippen LogP contribution in [0.5, 0.6) is 0 Å². The Morgan fingerprint density at radius 2 is 1.88 bits per heavy atom. The number of amides is 3. The number of nitrogens with two attached hydrogens (primary N) is 1. The van der Waals surface area contributed by atoms with Crippen LogP contribution in [0.25, 0.3) is 0 Å². The van der Waals surface area contributed by atoms with Crippen LogP contribution < -0.4 is 11.1 Å². The molecule has 0 saturated carbocycles. The smallest absolute Gasteiger partial charge is 0.239 e. The molecule has 0 spiro atoms. The van der Waals surface area contributed by atoms with Gasteiger partial charge in [-0.05, 0) is 20.8 Å². The zero-order valence-corrected chi connectivity index (χ0v) is 10.4. The van der Waals surface area contributed by atoms with Crippen LogP contribution in [0.4, 0.5) is 0 Å². The molecule has 96 valence electrons. The second-order valence-electron chi connectivity index (χ2n) is 4.87. The number of rotatable bonds is 5. The minimum absolute atomic E-state index is 0.00181. The molecule has 3 amide bonds. The molecule has 0 aromatic heterocycles. The second kappa shape index (κ2) is 4.83. The fourth-order valence-corrected chi connectivity index (χ4v) is 1.95. The third kappa shape index (κ3) is 3.03. The van der Waals surface area contributed by atoms with Crippen molar-refractivity contribution < 1.29 is 14.4 Å². The molecule has 0 radical (unpaired) electrons. The van der Waals surface area contributed by atoms with Crippen molar-refractivity contribution >= 4 is 17.7 Å². The lowest BCUT2D eigenvalue weighted by molar-refractivity contribution is -0.140. The molecule has 0 aliphatic carbocycles. The number of imide groups is 1. The molecule has 1 unspecified atom stereocenters. The maximum absolute atomic E-state index is 11.5. The number of hydrogen-bond acceptors (Lipinski definition) is 4. The number of carbonyl (C=O) groups excluding carboxylic acids is 3. The van der Waals surface area contributed by atoms with E-state index in [1.54, 1.807) is 6.92 Å². The third-order valence-corrected chi connectivity index (χ3v) is 2.78. The van der Waals surface area contributed by atoms with Crippen molar-refractivity contribution in [1.82, 2.24) is 10.2 Å². The molecule has 0 aromatic rings. The first kappa shape index (κ1) is 13.6. The maximum atomic E-state index is 11.5. The summed E-state index contributed by atoms with van der Waals surface area (Å²) in [5.74, 6) is -1.06. The van der Waals surface area contributed by atoms with E-state index >= 15 is 0 Å². The van der Waals surface area contributed by atoms with Gasteiger partial charge in [0.25, 0.3) is 0 Å². The molecule has 1 rings (SSSR count). The number of likely N-dealkylation sites (tertiary alicyclic amines) is 1. The van der Waals surface area contributed by atoms with Gasteiger partial charge in [-0.3, -0.25) is 24.6 Å². The lowest BCUT2D eigenvalue weighted by atomic mass is 9.99. The monoisotopic (exact) mass is 241 g/mol. The highest BCUT2D eigenvalue weighted by Crippen LogP contribution is 2.16. The molecule has 3 N–H and O–H groups in total. The Bertz CT molecular complexity index is 338. The molecule has 6 nitrogen and oxygen atoms in total. The second-order valence-corrected chi connectivity index (χ2v) is 4.87.